The summed E-state index contributed by atoms with van der Waals surface area (Å²) in [5.41, 5.74) is 0. The van der Waals surface area contributed by atoms with Crippen LogP contribution in [0.4, 0.5) is 0 Å². The Morgan fingerprint density at radius 1 is 1.19 bits per heavy atom. The number of carboxylic acid groups (broad SMARTS) is 1. The van der Waals surface area contributed by atoms with Crippen molar-refractivity contribution in [2.75, 3.05) is 26.7 Å². The lowest BCUT2D eigenvalue weighted by Crippen LogP contribution is -2.46. The van der Waals surface area contributed by atoms with Crippen LogP contribution in [0.25, 0.3) is 0 Å². The summed E-state index contributed by atoms with van der Waals surface area (Å²) in [6.07, 6.45) is 7.95. The van der Waals surface area contributed by atoms with Crippen LogP contribution in [-0.4, -0.2) is 59.5 Å². The number of amides is 1. The van der Waals surface area contributed by atoms with Gasteiger partial charge in [-0.1, -0.05) is 12.8 Å². The van der Waals surface area contributed by atoms with Crippen LogP contribution < -0.4 is 0 Å². The molecule has 1 saturated carbocycles. The van der Waals surface area contributed by atoms with Gasteiger partial charge in [-0.25, -0.2) is 0 Å². The van der Waals surface area contributed by atoms with Crippen molar-refractivity contribution in [2.45, 2.75) is 57.4 Å². The average molecular weight is 296 g/mol. The van der Waals surface area contributed by atoms with Gasteiger partial charge in [0.15, 0.2) is 0 Å². The largest absolute Gasteiger partial charge is 0.481 e. The molecule has 120 valence electrons. The number of carboxylic acids is 1. The fraction of sp³-hybridized carbons (Fsp3) is 0.875. The molecule has 5 heteroatoms. The Balaban J connectivity index is 1.76. The normalized spacial score (nSPS) is 23.7. The predicted octanol–water partition coefficient (Wildman–Crippen LogP) is 1.96. The van der Waals surface area contributed by atoms with Crippen molar-refractivity contribution in [3.05, 3.63) is 0 Å². The third-order valence-corrected chi connectivity index (χ3v) is 4.97. The molecule has 0 spiro atoms. The van der Waals surface area contributed by atoms with Gasteiger partial charge in [-0.2, -0.15) is 0 Å². The Bertz CT molecular complexity index is 367. The van der Waals surface area contributed by atoms with E-state index in [1.807, 2.05) is 4.90 Å². The van der Waals surface area contributed by atoms with Crippen LogP contribution in [-0.2, 0) is 9.59 Å². The van der Waals surface area contributed by atoms with E-state index in [1.54, 1.807) is 0 Å². The Kier molecular flexibility index (Phi) is 6.03. The van der Waals surface area contributed by atoms with Crippen molar-refractivity contribution < 1.29 is 14.7 Å². The first-order valence-corrected chi connectivity index (χ1v) is 8.26. The second-order valence-corrected chi connectivity index (χ2v) is 6.63. The maximum Gasteiger partial charge on any atom is 0.303 e. The van der Waals surface area contributed by atoms with Gasteiger partial charge in [0.1, 0.15) is 0 Å². The van der Waals surface area contributed by atoms with Gasteiger partial charge in [0.25, 0.3) is 0 Å². The quantitative estimate of drug-likeness (QED) is 0.814. The van der Waals surface area contributed by atoms with E-state index < -0.39 is 5.97 Å². The topological polar surface area (TPSA) is 60.9 Å². The van der Waals surface area contributed by atoms with Gasteiger partial charge in [0.05, 0.1) is 6.54 Å². The van der Waals surface area contributed by atoms with E-state index in [9.17, 15) is 9.59 Å². The van der Waals surface area contributed by atoms with Gasteiger partial charge in [-0.05, 0) is 45.1 Å². The zero-order chi connectivity index (χ0) is 15.2. The number of nitrogens with zero attached hydrogens (tertiary/aromatic N) is 2. The van der Waals surface area contributed by atoms with Gasteiger partial charge in [-0.15, -0.1) is 0 Å². The van der Waals surface area contributed by atoms with E-state index >= 15 is 0 Å². The van der Waals surface area contributed by atoms with E-state index in [0.717, 1.165) is 25.9 Å². The number of likely N-dealkylation sites (tertiary alicyclic amines) is 1. The van der Waals surface area contributed by atoms with Crippen LogP contribution in [0.2, 0.25) is 0 Å². The number of hydrogen-bond donors (Lipinski definition) is 1. The molecular weight excluding hydrogens is 268 g/mol. The third kappa shape index (κ3) is 4.99. The van der Waals surface area contributed by atoms with Crippen molar-refractivity contribution in [2.24, 2.45) is 5.92 Å². The molecule has 1 amide bonds. The molecule has 0 bridgehead atoms. The second kappa shape index (κ2) is 7.78. The summed E-state index contributed by atoms with van der Waals surface area (Å²) >= 11 is 0. The van der Waals surface area contributed by atoms with Crippen LogP contribution >= 0.6 is 0 Å². The monoisotopic (exact) mass is 296 g/mol. The number of piperidine rings is 1. The highest BCUT2D eigenvalue weighted by Crippen LogP contribution is 2.24. The van der Waals surface area contributed by atoms with Crippen LogP contribution in [0, 0.1) is 5.92 Å². The number of hydrogen-bond acceptors (Lipinski definition) is 3. The summed E-state index contributed by atoms with van der Waals surface area (Å²) in [6.45, 7) is 2.09. The zero-order valence-corrected chi connectivity index (χ0v) is 13.1. The number of carbonyl (C=O) groups excluding carboxylic acids is 1. The molecule has 2 fully saturated rings. The maximum absolute atomic E-state index is 12.4. The van der Waals surface area contributed by atoms with Crippen molar-refractivity contribution in [1.29, 1.82) is 0 Å². The smallest absolute Gasteiger partial charge is 0.303 e. The van der Waals surface area contributed by atoms with Crippen LogP contribution in [0.5, 0.6) is 0 Å². The van der Waals surface area contributed by atoms with Gasteiger partial charge in [0, 0.05) is 25.6 Å². The number of aliphatic carboxylic acids is 1. The average Bonchev–Trinajstić information content (AvgIpc) is 2.99. The maximum atomic E-state index is 12.4. The molecule has 1 aliphatic heterocycles. The van der Waals surface area contributed by atoms with Crippen molar-refractivity contribution >= 4 is 11.9 Å². The second-order valence-electron chi connectivity index (χ2n) is 6.63. The summed E-state index contributed by atoms with van der Waals surface area (Å²) in [4.78, 5) is 27.2. The predicted molar refractivity (Wildman–Crippen MR) is 81.1 cm³/mol. The minimum absolute atomic E-state index is 0.212. The molecule has 1 N–H and O–H groups in total. The van der Waals surface area contributed by atoms with E-state index in [0.29, 0.717) is 24.9 Å². The van der Waals surface area contributed by atoms with Crippen molar-refractivity contribution in [1.82, 2.24) is 9.80 Å². The fourth-order valence-corrected chi connectivity index (χ4v) is 3.64. The van der Waals surface area contributed by atoms with Gasteiger partial charge < -0.3 is 10.0 Å². The molecule has 1 saturated heterocycles. The van der Waals surface area contributed by atoms with Gasteiger partial charge in [-0.3, -0.25) is 14.5 Å². The highest BCUT2D eigenvalue weighted by Gasteiger charge is 2.27. The van der Waals surface area contributed by atoms with Gasteiger partial charge in [0.2, 0.25) is 5.91 Å². The highest BCUT2D eigenvalue weighted by molar-refractivity contribution is 5.78. The Morgan fingerprint density at radius 2 is 1.90 bits per heavy atom. The summed E-state index contributed by atoms with van der Waals surface area (Å²) in [6, 6.07) is 0.571. The molecule has 1 aliphatic carbocycles. The summed E-state index contributed by atoms with van der Waals surface area (Å²) < 4.78 is 0. The lowest BCUT2D eigenvalue weighted by Gasteiger charge is -2.34. The molecular formula is C16H28N2O3. The molecule has 1 heterocycles. The standard InChI is InChI=1S/C16H28N2O3/c1-17(14-6-2-3-7-14)12-15(19)18-10-4-5-13(11-18)8-9-16(20)21/h13-14H,2-12H2,1H3,(H,20,21)/t13-/m0/s1. The minimum atomic E-state index is -0.737. The SMILES string of the molecule is CN(CC(=O)N1CCC[C@@H](CCC(=O)O)C1)C1CCCC1. The Morgan fingerprint density at radius 3 is 2.57 bits per heavy atom. The Labute approximate surface area is 127 Å². The first-order valence-electron chi connectivity index (χ1n) is 8.26. The molecule has 5 nitrogen and oxygen atoms in total. The highest BCUT2D eigenvalue weighted by atomic mass is 16.4. The summed E-state index contributed by atoms with van der Waals surface area (Å²) in [7, 11) is 2.06. The fourth-order valence-electron chi connectivity index (χ4n) is 3.64. The molecule has 0 aromatic heterocycles. The minimum Gasteiger partial charge on any atom is -0.481 e. The number of likely N-dealkylation sites (N-methyl/N-ethyl adjacent to an activating group) is 1. The zero-order valence-electron chi connectivity index (χ0n) is 13.1. The lowest BCUT2D eigenvalue weighted by molar-refractivity contribution is -0.137. The molecule has 1 atom stereocenters. The summed E-state index contributed by atoms with van der Waals surface area (Å²) in [5, 5.41) is 8.77. The molecule has 0 aromatic carbocycles. The van der Waals surface area contributed by atoms with Crippen LogP contribution in [0.1, 0.15) is 51.4 Å². The summed E-state index contributed by atoms with van der Waals surface area (Å²) in [5.74, 6) is -0.167. The first-order chi connectivity index (χ1) is 10.1. The van der Waals surface area contributed by atoms with E-state index in [2.05, 4.69) is 11.9 Å². The number of carbonyl (C=O) groups is 2. The van der Waals surface area contributed by atoms with E-state index in [-0.39, 0.29) is 12.3 Å². The van der Waals surface area contributed by atoms with Gasteiger partial charge >= 0.3 is 5.97 Å². The number of rotatable bonds is 6. The van der Waals surface area contributed by atoms with Crippen LogP contribution in [0.3, 0.4) is 0 Å². The van der Waals surface area contributed by atoms with Crippen molar-refractivity contribution in [3.63, 3.8) is 0 Å². The first kappa shape index (κ1) is 16.3. The molecule has 0 unspecified atom stereocenters. The molecule has 0 aromatic rings. The van der Waals surface area contributed by atoms with Crippen LogP contribution in [0.15, 0.2) is 0 Å². The molecule has 21 heavy (non-hydrogen) atoms. The third-order valence-electron chi connectivity index (χ3n) is 4.97. The van der Waals surface area contributed by atoms with Crippen molar-refractivity contribution in [3.8, 4) is 0 Å². The Hall–Kier alpha value is -1.10. The van der Waals surface area contributed by atoms with E-state index in [4.69, 9.17) is 5.11 Å². The molecule has 0 radical (unpaired) electrons. The molecule has 2 aliphatic rings. The van der Waals surface area contributed by atoms with E-state index in [1.165, 1.54) is 25.7 Å². The lowest BCUT2D eigenvalue weighted by atomic mass is 9.93. The molecule has 2 rings (SSSR count).